The molecule has 3 N–H and O–H groups in total. The number of H-pyrrole nitrogens is 1. The highest BCUT2D eigenvalue weighted by molar-refractivity contribution is 14.0. The lowest BCUT2D eigenvalue weighted by Gasteiger charge is -2.25. The Morgan fingerprint density at radius 1 is 1.36 bits per heavy atom. The fourth-order valence-corrected chi connectivity index (χ4v) is 3.85. The summed E-state index contributed by atoms with van der Waals surface area (Å²) < 4.78 is 2.01. The Morgan fingerprint density at radius 3 is 3.04 bits per heavy atom. The topological polar surface area (TPSA) is 82.9 Å². The average Bonchev–Trinajstić information content (AvgIpc) is 3.25. The SMILES string of the molecule is CN=C(NCCc1c[nH]c2c(C)cccc12)NC1CCCn2nc(C)nc21.I. The van der Waals surface area contributed by atoms with E-state index >= 15 is 0 Å². The van der Waals surface area contributed by atoms with Crippen molar-refractivity contribution >= 4 is 40.8 Å². The number of rotatable bonds is 4. The molecule has 0 radical (unpaired) electrons. The molecule has 2 aromatic heterocycles. The predicted molar refractivity (Wildman–Crippen MR) is 123 cm³/mol. The first kappa shape index (κ1) is 20.6. The number of halogens is 1. The first-order valence-corrected chi connectivity index (χ1v) is 9.60. The average molecular weight is 493 g/mol. The number of aromatic amines is 1. The van der Waals surface area contributed by atoms with Gasteiger partial charge in [-0.25, -0.2) is 9.67 Å². The molecule has 7 nitrogen and oxygen atoms in total. The van der Waals surface area contributed by atoms with E-state index in [9.17, 15) is 0 Å². The number of fused-ring (bicyclic) bond motifs is 2. The van der Waals surface area contributed by atoms with Crippen molar-refractivity contribution in [1.82, 2.24) is 30.4 Å². The second-order valence-corrected chi connectivity index (χ2v) is 7.14. The Bertz CT molecular complexity index is 972. The molecule has 0 spiro atoms. The van der Waals surface area contributed by atoms with E-state index in [-0.39, 0.29) is 30.0 Å². The van der Waals surface area contributed by atoms with E-state index in [0.29, 0.717) is 0 Å². The molecule has 3 heterocycles. The Balaban J connectivity index is 0.00000225. The van der Waals surface area contributed by atoms with E-state index < -0.39 is 0 Å². The normalized spacial score (nSPS) is 16.5. The van der Waals surface area contributed by atoms with Gasteiger partial charge >= 0.3 is 0 Å². The molecule has 0 aliphatic carbocycles. The van der Waals surface area contributed by atoms with Gasteiger partial charge in [-0.1, -0.05) is 18.2 Å². The van der Waals surface area contributed by atoms with Crippen molar-refractivity contribution in [2.24, 2.45) is 4.99 Å². The first-order chi connectivity index (χ1) is 13.2. The summed E-state index contributed by atoms with van der Waals surface area (Å²) >= 11 is 0. The van der Waals surface area contributed by atoms with Gasteiger partial charge in [-0.15, -0.1) is 24.0 Å². The summed E-state index contributed by atoms with van der Waals surface area (Å²) in [6, 6.07) is 6.58. The van der Waals surface area contributed by atoms with Crippen molar-refractivity contribution in [2.45, 2.75) is 45.7 Å². The van der Waals surface area contributed by atoms with Crippen LogP contribution in [0.5, 0.6) is 0 Å². The van der Waals surface area contributed by atoms with E-state index in [1.807, 2.05) is 18.7 Å². The molecule has 3 aromatic rings. The fourth-order valence-electron chi connectivity index (χ4n) is 3.85. The first-order valence-electron chi connectivity index (χ1n) is 9.60. The number of benzene rings is 1. The molecule has 0 fully saturated rings. The van der Waals surface area contributed by atoms with Crippen LogP contribution in [0.4, 0.5) is 0 Å². The zero-order valence-electron chi connectivity index (χ0n) is 16.6. The van der Waals surface area contributed by atoms with Crippen LogP contribution in [-0.2, 0) is 13.0 Å². The number of hydrogen-bond donors (Lipinski definition) is 3. The predicted octanol–water partition coefficient (Wildman–Crippen LogP) is 3.24. The minimum atomic E-state index is 0. The van der Waals surface area contributed by atoms with Crippen molar-refractivity contribution in [3.8, 4) is 0 Å². The van der Waals surface area contributed by atoms with Crippen LogP contribution in [0.3, 0.4) is 0 Å². The zero-order valence-corrected chi connectivity index (χ0v) is 18.9. The summed E-state index contributed by atoms with van der Waals surface area (Å²) in [5, 5.41) is 12.7. The molecule has 0 saturated carbocycles. The molecule has 1 aromatic carbocycles. The highest BCUT2D eigenvalue weighted by atomic mass is 127. The van der Waals surface area contributed by atoms with Crippen molar-refractivity contribution in [3.05, 3.63) is 47.2 Å². The summed E-state index contributed by atoms with van der Waals surface area (Å²) in [6.45, 7) is 5.84. The van der Waals surface area contributed by atoms with Crippen LogP contribution in [0.15, 0.2) is 29.4 Å². The Kier molecular flexibility index (Phi) is 6.58. The minimum absolute atomic E-state index is 0. The van der Waals surface area contributed by atoms with Crippen LogP contribution in [0.2, 0.25) is 0 Å². The number of guanidine groups is 1. The Hall–Kier alpha value is -2.10. The maximum Gasteiger partial charge on any atom is 0.191 e. The fraction of sp³-hybridized carbons (Fsp3) is 0.450. The number of aryl methyl sites for hydroxylation is 3. The maximum absolute atomic E-state index is 4.59. The standard InChI is InChI=1S/C20H27N7.HI/c1-13-6-4-7-16-15(12-23-18(13)16)9-10-22-20(21-3)25-17-8-5-11-27-19(17)24-14(2)26-27;/h4,6-7,12,17,23H,5,8-11H2,1-3H3,(H2,21,22,25);1H. The van der Waals surface area contributed by atoms with Crippen LogP contribution >= 0.6 is 24.0 Å². The van der Waals surface area contributed by atoms with Gasteiger partial charge in [0, 0.05) is 37.2 Å². The minimum Gasteiger partial charge on any atom is -0.361 e. The van der Waals surface area contributed by atoms with Crippen molar-refractivity contribution in [2.75, 3.05) is 13.6 Å². The number of nitrogens with zero attached hydrogens (tertiary/aromatic N) is 4. The third-order valence-electron chi connectivity index (χ3n) is 5.21. The quantitative estimate of drug-likeness (QED) is 0.296. The number of hydrogen-bond acceptors (Lipinski definition) is 3. The second-order valence-electron chi connectivity index (χ2n) is 7.14. The van der Waals surface area contributed by atoms with Crippen molar-refractivity contribution in [3.63, 3.8) is 0 Å². The largest absolute Gasteiger partial charge is 0.361 e. The lowest BCUT2D eigenvalue weighted by atomic mass is 10.1. The summed E-state index contributed by atoms with van der Waals surface area (Å²) in [6.07, 6.45) is 5.19. The monoisotopic (exact) mass is 493 g/mol. The van der Waals surface area contributed by atoms with Crippen LogP contribution in [0.25, 0.3) is 10.9 Å². The van der Waals surface area contributed by atoms with Gasteiger partial charge in [-0.2, -0.15) is 5.10 Å². The molecule has 0 bridgehead atoms. The maximum atomic E-state index is 4.59. The molecule has 1 aliphatic rings. The van der Waals surface area contributed by atoms with Gasteiger partial charge in [-0.3, -0.25) is 4.99 Å². The molecule has 8 heteroatoms. The van der Waals surface area contributed by atoms with Gasteiger partial charge in [-0.05, 0) is 44.2 Å². The molecular formula is C20H28IN7. The Labute approximate surface area is 182 Å². The molecule has 1 unspecified atom stereocenters. The van der Waals surface area contributed by atoms with E-state index in [1.54, 1.807) is 0 Å². The van der Waals surface area contributed by atoms with Crippen LogP contribution in [-0.4, -0.2) is 39.3 Å². The molecule has 4 rings (SSSR count). The summed E-state index contributed by atoms with van der Waals surface area (Å²) in [4.78, 5) is 12.4. The molecule has 1 atom stereocenters. The van der Waals surface area contributed by atoms with Gasteiger partial charge < -0.3 is 15.6 Å². The van der Waals surface area contributed by atoms with Gasteiger partial charge in [0.15, 0.2) is 5.96 Å². The van der Waals surface area contributed by atoms with Crippen LogP contribution in [0, 0.1) is 13.8 Å². The molecule has 28 heavy (non-hydrogen) atoms. The number of aliphatic imine (C=N–C) groups is 1. The van der Waals surface area contributed by atoms with Gasteiger partial charge in [0.2, 0.25) is 0 Å². The van der Waals surface area contributed by atoms with Gasteiger partial charge in [0.1, 0.15) is 11.6 Å². The molecule has 0 amide bonds. The van der Waals surface area contributed by atoms with E-state index in [2.05, 4.69) is 62.0 Å². The molecule has 150 valence electrons. The molecule has 1 aliphatic heterocycles. The molecular weight excluding hydrogens is 465 g/mol. The van der Waals surface area contributed by atoms with E-state index in [0.717, 1.165) is 50.0 Å². The number of aromatic nitrogens is 4. The summed E-state index contributed by atoms with van der Waals surface area (Å²) in [5.74, 6) is 2.65. The van der Waals surface area contributed by atoms with E-state index in [4.69, 9.17) is 0 Å². The smallest absolute Gasteiger partial charge is 0.191 e. The van der Waals surface area contributed by atoms with Crippen LogP contribution < -0.4 is 10.6 Å². The van der Waals surface area contributed by atoms with Crippen molar-refractivity contribution in [1.29, 1.82) is 0 Å². The number of para-hydroxylation sites is 1. The number of nitrogens with one attached hydrogen (secondary N) is 3. The highest BCUT2D eigenvalue weighted by Gasteiger charge is 2.24. The lowest BCUT2D eigenvalue weighted by Crippen LogP contribution is -2.42. The second kappa shape index (κ2) is 8.93. The van der Waals surface area contributed by atoms with Crippen LogP contribution in [0.1, 0.15) is 41.7 Å². The third-order valence-corrected chi connectivity index (χ3v) is 5.21. The molecule has 0 saturated heterocycles. The lowest BCUT2D eigenvalue weighted by molar-refractivity contribution is 0.398. The summed E-state index contributed by atoms with van der Waals surface area (Å²) in [7, 11) is 1.81. The van der Waals surface area contributed by atoms with Crippen molar-refractivity contribution < 1.29 is 0 Å². The Morgan fingerprint density at radius 2 is 2.21 bits per heavy atom. The third kappa shape index (κ3) is 4.16. The summed E-state index contributed by atoms with van der Waals surface area (Å²) in [5.41, 5.74) is 3.83. The zero-order chi connectivity index (χ0) is 18.8. The highest BCUT2D eigenvalue weighted by Crippen LogP contribution is 2.23. The van der Waals surface area contributed by atoms with E-state index in [1.165, 1.54) is 22.0 Å². The van der Waals surface area contributed by atoms with Gasteiger partial charge in [0.05, 0.1) is 6.04 Å². The van der Waals surface area contributed by atoms with Gasteiger partial charge in [0.25, 0.3) is 0 Å².